The van der Waals surface area contributed by atoms with Gasteiger partial charge in [-0.3, -0.25) is 0 Å². The van der Waals surface area contributed by atoms with Crippen molar-refractivity contribution in [2.45, 2.75) is 0 Å². The van der Waals surface area contributed by atoms with Crippen LogP contribution in [0.25, 0.3) is 6.08 Å². The van der Waals surface area contributed by atoms with Crippen molar-refractivity contribution < 1.29 is 4.84 Å². The van der Waals surface area contributed by atoms with Gasteiger partial charge in [0.25, 0.3) is 0 Å². The maximum absolute atomic E-state index is 5.26. The summed E-state index contributed by atoms with van der Waals surface area (Å²) >= 11 is 0. The molecule has 1 heterocycles. The topological polar surface area (TPSA) is 34.0 Å². The molecule has 0 aromatic heterocycles. The monoisotopic (exact) mass is 250 g/mol. The van der Waals surface area contributed by atoms with Gasteiger partial charge in [0.05, 0.1) is 6.20 Å². The third-order valence-corrected chi connectivity index (χ3v) is 2.31. The van der Waals surface area contributed by atoms with Gasteiger partial charge in [-0.25, -0.2) is 0 Å². The van der Waals surface area contributed by atoms with Crippen LogP contribution in [-0.2, 0) is 0 Å². The predicted octanol–water partition coefficient (Wildman–Crippen LogP) is 4.64. The van der Waals surface area contributed by atoms with E-state index in [4.69, 9.17) is 4.84 Å². The van der Waals surface area contributed by atoms with Crippen LogP contribution in [0.1, 0.15) is 5.56 Å². The second-order valence-corrected chi connectivity index (χ2v) is 3.68. The van der Waals surface area contributed by atoms with E-state index in [1.165, 1.54) is 0 Å². The van der Waals surface area contributed by atoms with Crippen molar-refractivity contribution in [1.29, 1.82) is 0 Å². The number of allylic oxidation sites excluding steroid dienone is 8. The van der Waals surface area contributed by atoms with Crippen molar-refractivity contribution in [1.82, 2.24) is 0 Å². The molecular formula is C16H14N2O. The van der Waals surface area contributed by atoms with Crippen LogP contribution in [0.3, 0.4) is 0 Å². The highest BCUT2D eigenvalue weighted by Crippen LogP contribution is 2.19. The molecule has 0 saturated heterocycles. The average molecular weight is 250 g/mol. The highest BCUT2D eigenvalue weighted by atomic mass is 16.6. The summed E-state index contributed by atoms with van der Waals surface area (Å²) in [6.07, 6.45) is 18.9. The average Bonchev–Trinajstić information content (AvgIpc) is 2.45. The molecule has 0 radical (unpaired) electrons. The van der Waals surface area contributed by atoms with E-state index in [2.05, 4.69) is 10.4 Å². The lowest BCUT2D eigenvalue weighted by Crippen LogP contribution is -1.84. The second kappa shape index (κ2) is 7.61. The molecule has 1 aromatic carbocycles. The molecule has 19 heavy (non-hydrogen) atoms. The van der Waals surface area contributed by atoms with Crippen molar-refractivity contribution in [2.24, 2.45) is 10.4 Å². The Morgan fingerprint density at radius 1 is 0.737 bits per heavy atom. The van der Waals surface area contributed by atoms with Crippen LogP contribution in [0.2, 0.25) is 0 Å². The number of hydrogen-bond donors (Lipinski definition) is 0. The van der Waals surface area contributed by atoms with E-state index in [-0.39, 0.29) is 0 Å². The van der Waals surface area contributed by atoms with Crippen LogP contribution >= 0.6 is 0 Å². The number of nitrogens with zero attached hydrogens (tertiary/aromatic N) is 2. The zero-order chi connectivity index (χ0) is 13.2. The summed E-state index contributed by atoms with van der Waals surface area (Å²) in [5.74, 6) is 0.672. The smallest absolute Gasteiger partial charge is 0.167 e. The molecule has 0 unspecified atom stereocenters. The quantitative estimate of drug-likeness (QED) is 0.660. The molecule has 0 fully saturated rings. The summed E-state index contributed by atoms with van der Waals surface area (Å²) in [7, 11) is 0. The Hall–Kier alpha value is -2.68. The molecule has 3 nitrogen and oxygen atoms in total. The van der Waals surface area contributed by atoms with Gasteiger partial charge in [-0.2, -0.15) is 0 Å². The van der Waals surface area contributed by atoms with E-state index < -0.39 is 0 Å². The van der Waals surface area contributed by atoms with Crippen molar-refractivity contribution >= 4 is 6.08 Å². The lowest BCUT2D eigenvalue weighted by Gasteiger charge is -2.00. The van der Waals surface area contributed by atoms with Gasteiger partial charge in [-0.1, -0.05) is 66.8 Å². The van der Waals surface area contributed by atoms with Gasteiger partial charge in [-0.15, -0.1) is 5.11 Å². The van der Waals surface area contributed by atoms with E-state index in [0.717, 1.165) is 5.56 Å². The molecular weight excluding hydrogens is 236 g/mol. The molecule has 0 spiro atoms. The normalized spacial score (nSPS) is 19.6. The molecule has 0 aliphatic carbocycles. The van der Waals surface area contributed by atoms with E-state index in [1.54, 1.807) is 12.3 Å². The van der Waals surface area contributed by atoms with E-state index >= 15 is 0 Å². The highest BCUT2D eigenvalue weighted by molar-refractivity contribution is 5.58. The molecule has 1 aromatic rings. The fraction of sp³-hybridized carbons (Fsp3) is 0. The summed E-state index contributed by atoms with van der Waals surface area (Å²) in [5.41, 5.74) is 0.951. The first-order valence-corrected chi connectivity index (χ1v) is 5.96. The fourth-order valence-corrected chi connectivity index (χ4v) is 1.43. The van der Waals surface area contributed by atoms with Gasteiger partial charge in [0.2, 0.25) is 0 Å². The standard InChI is InChI=1S/C16H14N2O/c1-2-4-6-10-14-17-18-19-16-13-9-8-12-15(16)11-7-5-3-1/h1-14H/b2-1?,5-3+,6-4?,11-7+,14-10-,18-17?. The molecule has 2 rings (SSSR count). The van der Waals surface area contributed by atoms with E-state index in [9.17, 15) is 0 Å². The largest absolute Gasteiger partial charge is 0.339 e. The first-order chi connectivity index (χ1) is 9.47. The zero-order valence-electron chi connectivity index (χ0n) is 10.4. The Kier molecular flexibility index (Phi) is 5.11. The van der Waals surface area contributed by atoms with Crippen LogP contribution in [0.15, 0.2) is 89.5 Å². The van der Waals surface area contributed by atoms with E-state index in [1.807, 2.05) is 72.9 Å². The third-order valence-electron chi connectivity index (χ3n) is 2.31. The number of hydrogen-bond acceptors (Lipinski definition) is 3. The van der Waals surface area contributed by atoms with Crippen LogP contribution in [0.5, 0.6) is 5.75 Å². The van der Waals surface area contributed by atoms with E-state index in [0.29, 0.717) is 5.75 Å². The molecule has 1 aliphatic heterocycles. The number of fused-ring (bicyclic) bond motifs is 1. The third kappa shape index (κ3) is 4.60. The van der Waals surface area contributed by atoms with Crippen LogP contribution in [-0.4, -0.2) is 0 Å². The zero-order valence-corrected chi connectivity index (χ0v) is 10.4. The van der Waals surface area contributed by atoms with Crippen LogP contribution < -0.4 is 4.84 Å². The first kappa shape index (κ1) is 12.8. The van der Waals surface area contributed by atoms with Gasteiger partial charge in [0.15, 0.2) is 5.75 Å². The van der Waals surface area contributed by atoms with Crippen molar-refractivity contribution in [2.75, 3.05) is 0 Å². The molecule has 0 bridgehead atoms. The fourth-order valence-electron chi connectivity index (χ4n) is 1.43. The Labute approximate surface area is 112 Å². The number of rotatable bonds is 0. The number of para-hydroxylation sites is 1. The molecule has 1 aliphatic rings. The Balaban J connectivity index is 2.26. The van der Waals surface area contributed by atoms with Crippen molar-refractivity contribution in [3.63, 3.8) is 0 Å². The maximum Gasteiger partial charge on any atom is 0.167 e. The summed E-state index contributed by atoms with van der Waals surface area (Å²) in [5, 5.41) is 7.45. The predicted molar refractivity (Wildman–Crippen MR) is 77.5 cm³/mol. The van der Waals surface area contributed by atoms with Gasteiger partial charge >= 0.3 is 0 Å². The van der Waals surface area contributed by atoms with Gasteiger partial charge in [0, 0.05) is 10.8 Å². The van der Waals surface area contributed by atoms with Crippen molar-refractivity contribution in [3.05, 3.63) is 84.6 Å². The van der Waals surface area contributed by atoms with Crippen LogP contribution in [0, 0.1) is 0 Å². The lowest BCUT2D eigenvalue weighted by atomic mass is 10.2. The molecule has 0 atom stereocenters. The Morgan fingerprint density at radius 2 is 1.42 bits per heavy atom. The van der Waals surface area contributed by atoms with Gasteiger partial charge < -0.3 is 4.84 Å². The van der Waals surface area contributed by atoms with Gasteiger partial charge in [0.1, 0.15) is 0 Å². The Morgan fingerprint density at radius 3 is 2.26 bits per heavy atom. The molecule has 94 valence electrons. The van der Waals surface area contributed by atoms with Gasteiger partial charge in [-0.05, 0) is 12.1 Å². The minimum Gasteiger partial charge on any atom is -0.339 e. The van der Waals surface area contributed by atoms with Crippen molar-refractivity contribution in [3.8, 4) is 5.75 Å². The SMILES string of the molecule is C1=C/C=C\N=NOc2ccccc2/C=C/C=C/C=C1. The summed E-state index contributed by atoms with van der Waals surface area (Å²) in [6.45, 7) is 0. The summed E-state index contributed by atoms with van der Waals surface area (Å²) in [4.78, 5) is 5.26. The maximum atomic E-state index is 5.26. The summed E-state index contributed by atoms with van der Waals surface area (Å²) < 4.78 is 0. The minimum absolute atomic E-state index is 0.672. The lowest BCUT2D eigenvalue weighted by molar-refractivity contribution is 0.311. The number of benzene rings is 1. The molecule has 0 amide bonds. The summed E-state index contributed by atoms with van der Waals surface area (Å²) in [6, 6.07) is 7.66. The minimum atomic E-state index is 0.672. The van der Waals surface area contributed by atoms with Crippen LogP contribution in [0.4, 0.5) is 0 Å². The second-order valence-electron chi connectivity index (χ2n) is 3.68. The highest BCUT2D eigenvalue weighted by Gasteiger charge is 1.98. The Bertz CT molecular complexity index is 578. The molecule has 3 heteroatoms. The molecule has 0 saturated carbocycles. The molecule has 0 N–H and O–H groups in total. The first-order valence-electron chi connectivity index (χ1n) is 5.96.